The fraction of sp³-hybridized carbons (Fsp3) is 0.105. The lowest BCUT2D eigenvalue weighted by molar-refractivity contribution is 0.540. The quantitative estimate of drug-likeness (QED) is 0.673. The Morgan fingerprint density at radius 3 is 2.61 bits per heavy atom. The van der Waals surface area contributed by atoms with Gasteiger partial charge >= 0.3 is 0 Å². The van der Waals surface area contributed by atoms with E-state index in [4.69, 9.17) is 0 Å². The summed E-state index contributed by atoms with van der Waals surface area (Å²) in [6.45, 7) is 0. The van der Waals surface area contributed by atoms with Gasteiger partial charge in [0.05, 0.1) is 5.69 Å². The first-order valence-corrected chi connectivity index (χ1v) is 8.61. The molecule has 0 aliphatic rings. The van der Waals surface area contributed by atoms with Gasteiger partial charge in [-0.3, -0.25) is 9.19 Å². The van der Waals surface area contributed by atoms with Crippen LogP contribution in [0.1, 0.15) is 16.8 Å². The van der Waals surface area contributed by atoms with E-state index in [1.807, 2.05) is 42.6 Å². The number of hydrogen-bond donors (Lipinski definition) is 0. The van der Waals surface area contributed by atoms with Crippen LogP contribution in [0.25, 0.3) is 16.8 Å². The molecule has 0 aliphatic heterocycles. The number of nitrogens with zero attached hydrogens (tertiary/aromatic N) is 1. The lowest BCUT2D eigenvalue weighted by Gasteiger charge is -2.06. The van der Waals surface area contributed by atoms with Gasteiger partial charge in [0.1, 0.15) is 0 Å². The van der Waals surface area contributed by atoms with Gasteiger partial charge in [0.2, 0.25) is 0 Å². The standard InChI is InChI=1S/C19H17NO2S/c21-23(22)13-3-4-15-7-9-16(10-8-15)14-19-18-6-2-1-5-17(18)11-12-20-19/h1-12H,13-14H2,(H,21,22)/p-1. The minimum Gasteiger partial charge on any atom is -0.772 e. The molecule has 0 amide bonds. The van der Waals surface area contributed by atoms with Crippen LogP contribution < -0.4 is 0 Å². The summed E-state index contributed by atoms with van der Waals surface area (Å²) in [5.74, 6) is 0.0433. The summed E-state index contributed by atoms with van der Waals surface area (Å²) in [7, 11) is 0. The maximum atomic E-state index is 10.5. The van der Waals surface area contributed by atoms with Gasteiger partial charge in [-0.25, -0.2) is 0 Å². The highest BCUT2D eigenvalue weighted by atomic mass is 32.2. The molecule has 0 bridgehead atoms. The van der Waals surface area contributed by atoms with Crippen LogP contribution in [-0.4, -0.2) is 19.5 Å². The molecule has 3 aromatic rings. The highest BCUT2D eigenvalue weighted by molar-refractivity contribution is 7.79. The Labute approximate surface area is 138 Å². The SMILES string of the molecule is O=S([O-])CC=Cc1ccc(Cc2nccc3ccccc23)cc1. The van der Waals surface area contributed by atoms with Crippen LogP contribution in [0.5, 0.6) is 0 Å². The first-order valence-electron chi connectivity index (χ1n) is 7.36. The largest absolute Gasteiger partial charge is 0.772 e. The molecule has 0 spiro atoms. The molecule has 1 atom stereocenters. The number of aromatic nitrogens is 1. The monoisotopic (exact) mass is 322 g/mol. The Bertz CT molecular complexity index is 851. The van der Waals surface area contributed by atoms with Crippen molar-refractivity contribution < 1.29 is 8.76 Å². The third-order valence-electron chi connectivity index (χ3n) is 3.65. The summed E-state index contributed by atoms with van der Waals surface area (Å²) in [5, 5.41) is 2.37. The predicted molar refractivity (Wildman–Crippen MR) is 93.8 cm³/mol. The van der Waals surface area contributed by atoms with E-state index in [0.717, 1.165) is 17.7 Å². The van der Waals surface area contributed by atoms with Crippen molar-refractivity contribution in [1.82, 2.24) is 4.98 Å². The second-order valence-electron chi connectivity index (χ2n) is 5.27. The van der Waals surface area contributed by atoms with E-state index in [1.54, 1.807) is 6.08 Å². The molecule has 3 rings (SSSR count). The van der Waals surface area contributed by atoms with Crippen LogP contribution >= 0.6 is 0 Å². The van der Waals surface area contributed by atoms with Crippen molar-refractivity contribution in [2.24, 2.45) is 0 Å². The van der Waals surface area contributed by atoms with E-state index >= 15 is 0 Å². The van der Waals surface area contributed by atoms with Crippen LogP contribution in [0.3, 0.4) is 0 Å². The summed E-state index contributed by atoms with van der Waals surface area (Å²) >= 11 is -2.03. The Balaban J connectivity index is 1.77. The zero-order valence-corrected chi connectivity index (χ0v) is 13.3. The topological polar surface area (TPSA) is 53.0 Å². The molecule has 0 aliphatic carbocycles. The highest BCUT2D eigenvalue weighted by Crippen LogP contribution is 2.19. The average Bonchev–Trinajstić information content (AvgIpc) is 2.56. The van der Waals surface area contributed by atoms with Gasteiger partial charge in [0.15, 0.2) is 0 Å². The van der Waals surface area contributed by atoms with Gasteiger partial charge in [-0.2, -0.15) is 0 Å². The van der Waals surface area contributed by atoms with Crippen molar-refractivity contribution in [2.45, 2.75) is 6.42 Å². The normalized spacial score (nSPS) is 12.7. The fourth-order valence-corrected chi connectivity index (χ4v) is 2.78. The second-order valence-corrected chi connectivity index (χ2v) is 6.21. The van der Waals surface area contributed by atoms with Gasteiger partial charge in [0.25, 0.3) is 0 Å². The number of hydrogen-bond acceptors (Lipinski definition) is 3. The van der Waals surface area contributed by atoms with Gasteiger partial charge in [-0.05, 0) is 22.6 Å². The van der Waals surface area contributed by atoms with E-state index in [2.05, 4.69) is 29.2 Å². The van der Waals surface area contributed by atoms with Crippen molar-refractivity contribution in [3.8, 4) is 0 Å². The van der Waals surface area contributed by atoms with Crippen LogP contribution in [0.15, 0.2) is 66.9 Å². The lowest BCUT2D eigenvalue weighted by Crippen LogP contribution is -1.93. The van der Waals surface area contributed by atoms with Crippen molar-refractivity contribution in [2.75, 3.05) is 5.75 Å². The average molecular weight is 322 g/mol. The molecule has 0 saturated heterocycles. The Morgan fingerprint density at radius 1 is 1.04 bits per heavy atom. The maximum absolute atomic E-state index is 10.5. The van der Waals surface area contributed by atoms with E-state index in [0.29, 0.717) is 0 Å². The van der Waals surface area contributed by atoms with Crippen LogP contribution in [0.2, 0.25) is 0 Å². The van der Waals surface area contributed by atoms with Crippen molar-refractivity contribution in [3.63, 3.8) is 0 Å². The molecule has 0 radical (unpaired) electrons. The van der Waals surface area contributed by atoms with Gasteiger partial charge in [-0.15, -0.1) is 0 Å². The smallest absolute Gasteiger partial charge is 0.0525 e. The minimum atomic E-state index is -2.03. The number of fused-ring (bicyclic) bond motifs is 1. The highest BCUT2D eigenvalue weighted by Gasteiger charge is 2.03. The van der Waals surface area contributed by atoms with E-state index in [-0.39, 0.29) is 5.75 Å². The molecule has 0 saturated carbocycles. The summed E-state index contributed by atoms with van der Waals surface area (Å²) in [5.41, 5.74) is 3.23. The number of pyridine rings is 1. The molecular formula is C19H16NO2S-. The Kier molecular flexibility index (Phi) is 4.95. The summed E-state index contributed by atoms with van der Waals surface area (Å²) < 4.78 is 21.0. The van der Waals surface area contributed by atoms with Gasteiger partial charge in [0, 0.05) is 23.8 Å². The van der Waals surface area contributed by atoms with Crippen LogP contribution in [0.4, 0.5) is 0 Å². The third-order valence-corrected chi connectivity index (χ3v) is 4.11. The number of benzene rings is 2. The maximum Gasteiger partial charge on any atom is 0.0525 e. The summed E-state index contributed by atoms with van der Waals surface area (Å²) in [4.78, 5) is 4.51. The molecule has 23 heavy (non-hydrogen) atoms. The molecular weight excluding hydrogens is 306 g/mol. The zero-order chi connectivity index (χ0) is 16.1. The first-order chi connectivity index (χ1) is 11.2. The van der Waals surface area contributed by atoms with Gasteiger partial charge in [-0.1, -0.05) is 71.8 Å². The molecule has 1 unspecified atom stereocenters. The molecule has 2 aromatic carbocycles. The third kappa shape index (κ3) is 4.12. The van der Waals surface area contributed by atoms with Gasteiger partial charge < -0.3 is 4.55 Å². The fourth-order valence-electron chi connectivity index (χ4n) is 2.53. The molecule has 1 aromatic heterocycles. The van der Waals surface area contributed by atoms with E-state index in [1.165, 1.54) is 16.3 Å². The molecule has 3 nitrogen and oxygen atoms in total. The van der Waals surface area contributed by atoms with Crippen molar-refractivity contribution in [3.05, 3.63) is 83.7 Å². The lowest BCUT2D eigenvalue weighted by atomic mass is 10.0. The van der Waals surface area contributed by atoms with Crippen LogP contribution in [-0.2, 0) is 17.5 Å². The molecule has 1 heterocycles. The molecule has 4 heteroatoms. The Hall–Kier alpha value is -2.30. The van der Waals surface area contributed by atoms with Crippen LogP contribution in [0, 0.1) is 0 Å². The van der Waals surface area contributed by atoms with Crippen molar-refractivity contribution >= 4 is 27.9 Å². The first kappa shape index (κ1) is 15.6. The summed E-state index contributed by atoms with van der Waals surface area (Å²) in [6.07, 6.45) is 6.08. The minimum absolute atomic E-state index is 0.0433. The zero-order valence-electron chi connectivity index (χ0n) is 12.5. The molecule has 0 N–H and O–H groups in total. The molecule has 116 valence electrons. The van der Waals surface area contributed by atoms with Crippen molar-refractivity contribution in [1.29, 1.82) is 0 Å². The van der Waals surface area contributed by atoms with E-state index < -0.39 is 11.1 Å². The predicted octanol–water partition coefficient (Wildman–Crippen LogP) is 3.72. The number of rotatable bonds is 5. The molecule has 0 fully saturated rings. The summed E-state index contributed by atoms with van der Waals surface area (Å²) in [6, 6.07) is 18.4. The van der Waals surface area contributed by atoms with E-state index in [9.17, 15) is 8.76 Å². The second kappa shape index (κ2) is 7.31. The Morgan fingerprint density at radius 2 is 1.83 bits per heavy atom.